The summed E-state index contributed by atoms with van der Waals surface area (Å²) in [7, 11) is 0. The van der Waals surface area contributed by atoms with Crippen molar-refractivity contribution in [3.05, 3.63) is 0 Å². The smallest absolute Gasteiger partial charge is 0.0363 e. The third kappa shape index (κ3) is 8.16. The van der Waals surface area contributed by atoms with Gasteiger partial charge in [0.05, 0.1) is 0 Å². The minimum atomic E-state index is 0.865. The number of unbranched alkanes of at least 4 members (excludes halogenated alkanes) is 2. The predicted molar refractivity (Wildman–Crippen MR) is 84.9 cm³/mol. The minimum Gasteiger partial charge on any atom is -0.0654 e. The van der Waals surface area contributed by atoms with Gasteiger partial charge in [-0.25, -0.2) is 0 Å². The van der Waals surface area contributed by atoms with Crippen LogP contribution in [-0.2, 0) is 0 Å². The van der Waals surface area contributed by atoms with Crippen molar-refractivity contribution in [2.45, 2.75) is 92.9 Å². The minimum absolute atomic E-state index is 0.865. The van der Waals surface area contributed by atoms with E-state index in [4.69, 9.17) is 0 Å². The predicted octanol–water partition coefficient (Wildman–Crippen LogP) is 6.69. The average molecular weight is 255 g/mol. The number of rotatable bonds is 11. The van der Waals surface area contributed by atoms with Gasteiger partial charge in [0.15, 0.2) is 0 Å². The van der Waals surface area contributed by atoms with Crippen LogP contribution in [0.5, 0.6) is 0 Å². The van der Waals surface area contributed by atoms with E-state index < -0.39 is 0 Å². The fourth-order valence-corrected chi connectivity index (χ4v) is 3.25. The maximum Gasteiger partial charge on any atom is -0.0363 e. The van der Waals surface area contributed by atoms with Crippen LogP contribution in [0.2, 0.25) is 0 Å². The quantitative estimate of drug-likeness (QED) is 0.360. The van der Waals surface area contributed by atoms with Crippen molar-refractivity contribution in [1.29, 1.82) is 0 Å². The molecule has 0 aliphatic heterocycles. The summed E-state index contributed by atoms with van der Waals surface area (Å²) in [5.41, 5.74) is 0. The zero-order valence-electron chi connectivity index (χ0n) is 14.0. The van der Waals surface area contributed by atoms with Crippen molar-refractivity contribution in [3.63, 3.8) is 0 Å². The Balaban J connectivity index is 4.16. The largest absolute Gasteiger partial charge is 0.0654 e. The van der Waals surface area contributed by atoms with E-state index >= 15 is 0 Å². The van der Waals surface area contributed by atoms with E-state index in [1.165, 1.54) is 51.4 Å². The molecule has 0 aliphatic rings. The van der Waals surface area contributed by atoms with Crippen LogP contribution in [0.25, 0.3) is 0 Å². The lowest BCUT2D eigenvalue weighted by Gasteiger charge is -2.30. The molecule has 0 heterocycles. The molecule has 2 unspecified atom stereocenters. The van der Waals surface area contributed by atoms with Gasteiger partial charge in [0.1, 0.15) is 0 Å². The average Bonchev–Trinajstić information content (AvgIpc) is 2.31. The summed E-state index contributed by atoms with van der Waals surface area (Å²) < 4.78 is 0. The summed E-state index contributed by atoms with van der Waals surface area (Å²) in [6.07, 6.45) is 11.4. The van der Waals surface area contributed by atoms with Crippen molar-refractivity contribution in [2.24, 2.45) is 23.7 Å². The maximum absolute atomic E-state index is 2.43. The Morgan fingerprint density at radius 2 is 1.39 bits per heavy atom. The van der Waals surface area contributed by atoms with Gasteiger partial charge in [-0.05, 0) is 30.1 Å². The first-order chi connectivity index (χ1) is 8.52. The molecule has 0 amide bonds. The molecule has 0 fully saturated rings. The molecule has 0 N–H and O–H groups in total. The van der Waals surface area contributed by atoms with Crippen molar-refractivity contribution >= 4 is 0 Å². The van der Waals surface area contributed by atoms with Crippen LogP contribution in [0.4, 0.5) is 0 Å². The third-order valence-corrected chi connectivity index (χ3v) is 4.48. The standard InChI is InChI=1S/C18H38/c1-7-9-10-13-17(8-2)18(16(5)6)14-11-12-15(3)4/h15-18H,7-14H2,1-6H3. The van der Waals surface area contributed by atoms with Gasteiger partial charge in [-0.3, -0.25) is 0 Å². The lowest BCUT2D eigenvalue weighted by atomic mass is 9.76. The normalized spacial score (nSPS) is 15.3. The lowest BCUT2D eigenvalue weighted by Crippen LogP contribution is -2.20. The molecule has 0 aliphatic carbocycles. The van der Waals surface area contributed by atoms with Crippen molar-refractivity contribution < 1.29 is 0 Å². The Morgan fingerprint density at radius 3 is 1.83 bits per heavy atom. The van der Waals surface area contributed by atoms with Gasteiger partial charge in [-0.2, -0.15) is 0 Å². The first-order valence-electron chi connectivity index (χ1n) is 8.52. The Bertz CT molecular complexity index is 169. The van der Waals surface area contributed by atoms with Gasteiger partial charge in [0.25, 0.3) is 0 Å². The van der Waals surface area contributed by atoms with Gasteiger partial charge >= 0.3 is 0 Å². The summed E-state index contributed by atoms with van der Waals surface area (Å²) in [6.45, 7) is 14.3. The van der Waals surface area contributed by atoms with E-state index in [0.717, 1.165) is 23.7 Å². The lowest BCUT2D eigenvalue weighted by molar-refractivity contribution is 0.206. The Morgan fingerprint density at radius 1 is 0.722 bits per heavy atom. The van der Waals surface area contributed by atoms with Gasteiger partial charge < -0.3 is 0 Å². The highest BCUT2D eigenvalue weighted by Crippen LogP contribution is 2.32. The molecule has 110 valence electrons. The molecule has 0 saturated heterocycles. The zero-order chi connectivity index (χ0) is 14.0. The van der Waals surface area contributed by atoms with Crippen LogP contribution < -0.4 is 0 Å². The molecular formula is C18H38. The monoisotopic (exact) mass is 254 g/mol. The van der Waals surface area contributed by atoms with E-state index in [1.807, 2.05) is 0 Å². The zero-order valence-corrected chi connectivity index (χ0v) is 14.0. The highest BCUT2D eigenvalue weighted by molar-refractivity contribution is 4.73. The maximum atomic E-state index is 2.43. The second-order valence-electron chi connectivity index (χ2n) is 6.90. The van der Waals surface area contributed by atoms with Gasteiger partial charge in [-0.1, -0.05) is 86.5 Å². The van der Waals surface area contributed by atoms with E-state index in [0.29, 0.717) is 0 Å². The van der Waals surface area contributed by atoms with E-state index in [-0.39, 0.29) is 0 Å². The Hall–Kier alpha value is 0. The molecule has 0 nitrogen and oxygen atoms in total. The van der Waals surface area contributed by atoms with Crippen LogP contribution in [0.1, 0.15) is 92.9 Å². The number of hydrogen-bond donors (Lipinski definition) is 0. The van der Waals surface area contributed by atoms with Crippen LogP contribution in [-0.4, -0.2) is 0 Å². The molecule has 2 atom stereocenters. The van der Waals surface area contributed by atoms with Crippen LogP contribution in [0, 0.1) is 23.7 Å². The van der Waals surface area contributed by atoms with Crippen LogP contribution in [0.15, 0.2) is 0 Å². The van der Waals surface area contributed by atoms with Crippen LogP contribution >= 0.6 is 0 Å². The highest BCUT2D eigenvalue weighted by atomic mass is 14.3. The summed E-state index contributed by atoms with van der Waals surface area (Å²) in [4.78, 5) is 0. The SMILES string of the molecule is CCCCCC(CC)C(CCCC(C)C)C(C)C. The second-order valence-corrected chi connectivity index (χ2v) is 6.90. The highest BCUT2D eigenvalue weighted by Gasteiger charge is 2.22. The molecule has 0 saturated carbocycles. The summed E-state index contributed by atoms with van der Waals surface area (Å²) >= 11 is 0. The van der Waals surface area contributed by atoms with E-state index in [2.05, 4.69) is 41.5 Å². The Labute approximate surface area is 117 Å². The molecule has 0 spiro atoms. The molecule has 0 aromatic heterocycles. The van der Waals surface area contributed by atoms with E-state index in [9.17, 15) is 0 Å². The summed E-state index contributed by atoms with van der Waals surface area (Å²) in [5.74, 6) is 3.68. The third-order valence-electron chi connectivity index (χ3n) is 4.48. The molecule has 18 heavy (non-hydrogen) atoms. The second kappa shape index (κ2) is 10.9. The molecule has 0 rings (SSSR count). The topological polar surface area (TPSA) is 0 Å². The first kappa shape index (κ1) is 18.0. The summed E-state index contributed by atoms with van der Waals surface area (Å²) in [5, 5.41) is 0. The molecule has 0 heteroatoms. The molecule has 0 aromatic carbocycles. The molecule has 0 bridgehead atoms. The molecular weight excluding hydrogens is 216 g/mol. The van der Waals surface area contributed by atoms with Gasteiger partial charge in [0, 0.05) is 0 Å². The van der Waals surface area contributed by atoms with Crippen molar-refractivity contribution in [1.82, 2.24) is 0 Å². The van der Waals surface area contributed by atoms with Crippen molar-refractivity contribution in [2.75, 3.05) is 0 Å². The fourth-order valence-electron chi connectivity index (χ4n) is 3.25. The Kier molecular flexibility index (Phi) is 10.9. The van der Waals surface area contributed by atoms with Crippen LogP contribution in [0.3, 0.4) is 0 Å². The molecule has 0 radical (unpaired) electrons. The van der Waals surface area contributed by atoms with E-state index in [1.54, 1.807) is 0 Å². The fraction of sp³-hybridized carbons (Fsp3) is 1.00. The van der Waals surface area contributed by atoms with Gasteiger partial charge in [-0.15, -0.1) is 0 Å². The van der Waals surface area contributed by atoms with Gasteiger partial charge in [0.2, 0.25) is 0 Å². The first-order valence-corrected chi connectivity index (χ1v) is 8.52. The molecule has 0 aromatic rings. The van der Waals surface area contributed by atoms with Crippen molar-refractivity contribution in [3.8, 4) is 0 Å². The number of hydrogen-bond acceptors (Lipinski definition) is 0. The summed E-state index contributed by atoms with van der Waals surface area (Å²) in [6, 6.07) is 0.